The Hall–Kier alpha value is -3.42. The highest BCUT2D eigenvalue weighted by Crippen LogP contribution is 2.29. The Balaban J connectivity index is 1.54. The zero-order chi connectivity index (χ0) is 24.2. The largest absolute Gasteiger partial charge is 0.490 e. The molecule has 1 saturated heterocycles. The summed E-state index contributed by atoms with van der Waals surface area (Å²) in [6.07, 6.45) is 3.73. The second kappa shape index (κ2) is 13.3. The van der Waals surface area contributed by atoms with E-state index in [-0.39, 0.29) is 0 Å². The minimum atomic E-state index is 0.590. The van der Waals surface area contributed by atoms with Gasteiger partial charge in [-0.3, -0.25) is 10.0 Å². The average molecular weight is 469 g/mol. The maximum absolute atomic E-state index is 5.70. The van der Waals surface area contributed by atoms with E-state index < -0.39 is 0 Å². The van der Waals surface area contributed by atoms with E-state index in [1.807, 2.05) is 76.5 Å². The van der Waals surface area contributed by atoms with Crippen molar-refractivity contribution < 1.29 is 18.9 Å². The van der Waals surface area contributed by atoms with E-state index in [0.29, 0.717) is 26.4 Å². The zero-order valence-corrected chi connectivity index (χ0v) is 20.7. The van der Waals surface area contributed by atoms with Crippen molar-refractivity contribution in [1.29, 1.82) is 0 Å². The van der Waals surface area contributed by atoms with Gasteiger partial charge in [0.1, 0.15) is 0 Å². The molecule has 1 fully saturated rings. The van der Waals surface area contributed by atoms with Crippen molar-refractivity contribution in [2.45, 2.75) is 27.7 Å². The minimum Gasteiger partial charge on any atom is -0.490 e. The molecule has 0 aromatic heterocycles. The molecule has 8 heteroatoms. The summed E-state index contributed by atoms with van der Waals surface area (Å²) in [6, 6.07) is 11.8. The van der Waals surface area contributed by atoms with Crippen LogP contribution in [0.15, 0.2) is 46.6 Å². The number of hydrogen-bond donors (Lipinski definition) is 0. The fourth-order valence-corrected chi connectivity index (χ4v) is 3.51. The van der Waals surface area contributed by atoms with Crippen LogP contribution in [0.5, 0.6) is 23.0 Å². The minimum absolute atomic E-state index is 0.590. The van der Waals surface area contributed by atoms with Crippen molar-refractivity contribution in [3.05, 3.63) is 47.5 Å². The van der Waals surface area contributed by atoms with Gasteiger partial charge in [-0.15, -0.1) is 0 Å². The summed E-state index contributed by atoms with van der Waals surface area (Å²) in [6.45, 7) is 13.5. The van der Waals surface area contributed by atoms with E-state index in [9.17, 15) is 0 Å². The third-order valence-electron chi connectivity index (χ3n) is 5.11. The molecule has 1 aliphatic heterocycles. The van der Waals surface area contributed by atoms with Crippen LogP contribution in [0.25, 0.3) is 0 Å². The molecule has 184 valence electrons. The number of piperazine rings is 1. The molecule has 2 aromatic carbocycles. The van der Waals surface area contributed by atoms with Gasteiger partial charge in [-0.05, 0) is 75.2 Å². The summed E-state index contributed by atoms with van der Waals surface area (Å²) in [4.78, 5) is 0. The summed E-state index contributed by atoms with van der Waals surface area (Å²) in [5.41, 5.74) is 1.96. The van der Waals surface area contributed by atoms with E-state index in [1.54, 1.807) is 0 Å². The molecular weight excluding hydrogens is 432 g/mol. The second-order valence-electron chi connectivity index (χ2n) is 7.54. The van der Waals surface area contributed by atoms with Crippen LogP contribution in [0.3, 0.4) is 0 Å². The van der Waals surface area contributed by atoms with Crippen LogP contribution in [-0.4, -0.2) is 75.1 Å². The molecule has 1 heterocycles. The number of nitrogens with zero attached hydrogens (tertiary/aromatic N) is 4. The molecule has 0 saturated carbocycles. The Morgan fingerprint density at radius 2 is 0.941 bits per heavy atom. The standard InChI is InChI=1S/C26H36N4O4/c1-5-31-23-11-9-21(17-25(23)33-7-3)19-27-29-13-15-30(16-14-29)28-20-22-10-12-24(32-6-2)26(18-22)34-8-4/h9-12,17-20H,5-8,13-16H2,1-4H3/b27-19-,28-20+. The molecule has 0 amide bonds. The first-order valence-corrected chi connectivity index (χ1v) is 12.0. The second-order valence-corrected chi connectivity index (χ2v) is 7.54. The van der Waals surface area contributed by atoms with Crippen molar-refractivity contribution in [1.82, 2.24) is 10.0 Å². The molecule has 0 aliphatic carbocycles. The Morgan fingerprint density at radius 1 is 0.588 bits per heavy atom. The Bertz CT molecular complexity index is 878. The van der Waals surface area contributed by atoms with Crippen LogP contribution < -0.4 is 18.9 Å². The molecule has 0 bridgehead atoms. The van der Waals surface area contributed by atoms with Gasteiger partial charge >= 0.3 is 0 Å². The lowest BCUT2D eigenvalue weighted by atomic mass is 10.2. The molecule has 0 unspecified atom stereocenters. The average Bonchev–Trinajstić information content (AvgIpc) is 2.85. The number of benzene rings is 2. The van der Waals surface area contributed by atoms with E-state index >= 15 is 0 Å². The highest BCUT2D eigenvalue weighted by molar-refractivity contribution is 5.81. The Labute approximate surface area is 202 Å². The van der Waals surface area contributed by atoms with Crippen LogP contribution in [0, 0.1) is 0 Å². The van der Waals surface area contributed by atoms with Gasteiger partial charge < -0.3 is 18.9 Å². The zero-order valence-electron chi connectivity index (χ0n) is 20.7. The summed E-state index contributed by atoms with van der Waals surface area (Å²) in [7, 11) is 0. The van der Waals surface area contributed by atoms with Crippen LogP contribution in [0.2, 0.25) is 0 Å². The van der Waals surface area contributed by atoms with E-state index in [0.717, 1.165) is 60.3 Å². The fourth-order valence-electron chi connectivity index (χ4n) is 3.51. The molecule has 0 atom stereocenters. The first-order valence-electron chi connectivity index (χ1n) is 12.0. The van der Waals surface area contributed by atoms with Gasteiger partial charge in [-0.25, -0.2) is 0 Å². The molecule has 0 spiro atoms. The Kier molecular flexibility index (Phi) is 9.88. The predicted octanol–water partition coefficient (Wildman–Crippen LogP) is 4.27. The highest BCUT2D eigenvalue weighted by Gasteiger charge is 2.14. The van der Waals surface area contributed by atoms with Gasteiger partial charge in [0.2, 0.25) is 0 Å². The van der Waals surface area contributed by atoms with Crippen molar-refractivity contribution in [3.8, 4) is 23.0 Å². The lowest BCUT2D eigenvalue weighted by Crippen LogP contribution is -2.41. The van der Waals surface area contributed by atoms with Crippen molar-refractivity contribution in [2.75, 3.05) is 52.6 Å². The maximum atomic E-state index is 5.70. The highest BCUT2D eigenvalue weighted by atomic mass is 16.5. The first-order chi connectivity index (χ1) is 16.7. The number of rotatable bonds is 12. The number of hydrazone groups is 2. The molecule has 34 heavy (non-hydrogen) atoms. The summed E-state index contributed by atoms with van der Waals surface area (Å²) in [5.74, 6) is 3.01. The van der Waals surface area contributed by atoms with Crippen LogP contribution in [-0.2, 0) is 0 Å². The van der Waals surface area contributed by atoms with E-state index in [1.165, 1.54) is 0 Å². The molecule has 8 nitrogen and oxygen atoms in total. The van der Waals surface area contributed by atoms with Gasteiger partial charge in [0, 0.05) is 0 Å². The maximum Gasteiger partial charge on any atom is 0.161 e. The van der Waals surface area contributed by atoms with Crippen LogP contribution in [0.4, 0.5) is 0 Å². The number of ether oxygens (including phenoxy) is 4. The monoisotopic (exact) mass is 468 g/mol. The van der Waals surface area contributed by atoms with Gasteiger partial charge in [0.05, 0.1) is 65.0 Å². The van der Waals surface area contributed by atoms with Crippen LogP contribution in [0.1, 0.15) is 38.8 Å². The normalized spacial score (nSPS) is 14.1. The van der Waals surface area contributed by atoms with Gasteiger partial charge in [-0.1, -0.05) is 0 Å². The van der Waals surface area contributed by atoms with Crippen LogP contribution >= 0.6 is 0 Å². The topological polar surface area (TPSA) is 68.1 Å². The first kappa shape index (κ1) is 25.2. The Morgan fingerprint density at radius 3 is 1.29 bits per heavy atom. The smallest absolute Gasteiger partial charge is 0.161 e. The van der Waals surface area contributed by atoms with Gasteiger partial charge in [0.15, 0.2) is 23.0 Å². The van der Waals surface area contributed by atoms with Gasteiger partial charge in [0.25, 0.3) is 0 Å². The summed E-state index contributed by atoms with van der Waals surface area (Å²) in [5, 5.41) is 13.4. The van der Waals surface area contributed by atoms with Gasteiger partial charge in [-0.2, -0.15) is 10.2 Å². The van der Waals surface area contributed by atoms with Crippen molar-refractivity contribution in [2.24, 2.45) is 10.2 Å². The summed E-state index contributed by atoms with van der Waals surface area (Å²) < 4.78 is 22.7. The molecule has 0 N–H and O–H groups in total. The predicted molar refractivity (Wildman–Crippen MR) is 136 cm³/mol. The lowest BCUT2D eigenvalue weighted by molar-refractivity contribution is 0.141. The molecule has 3 rings (SSSR count). The van der Waals surface area contributed by atoms with Crippen molar-refractivity contribution >= 4 is 12.4 Å². The molecular formula is C26H36N4O4. The fraction of sp³-hybridized carbons (Fsp3) is 0.462. The SMILES string of the molecule is CCOc1ccc(/C=N\N2CCN(/N=C/c3ccc(OCC)c(OCC)c3)CC2)cc1OCC. The quantitative estimate of drug-likeness (QED) is 0.434. The van der Waals surface area contributed by atoms with E-state index in [4.69, 9.17) is 18.9 Å². The third-order valence-corrected chi connectivity index (χ3v) is 5.11. The lowest BCUT2D eigenvalue weighted by Gasteiger charge is -2.31. The summed E-state index contributed by atoms with van der Waals surface area (Å²) >= 11 is 0. The molecule has 0 radical (unpaired) electrons. The van der Waals surface area contributed by atoms with E-state index in [2.05, 4.69) is 20.2 Å². The molecule has 1 aliphatic rings. The number of hydrogen-bond acceptors (Lipinski definition) is 8. The van der Waals surface area contributed by atoms with Crippen molar-refractivity contribution in [3.63, 3.8) is 0 Å². The molecule has 2 aromatic rings. The third kappa shape index (κ3) is 7.30.